The lowest BCUT2D eigenvalue weighted by atomic mass is 10.0. The van der Waals surface area contributed by atoms with Gasteiger partial charge < -0.3 is 16.4 Å². The molecule has 6 nitrogen and oxygen atoms in total. The topological polar surface area (TPSA) is 101 Å². The molecule has 0 fully saturated rings. The molecule has 4 N–H and O–H groups in total. The number of rotatable bonds is 6. The van der Waals surface area contributed by atoms with E-state index in [0.717, 1.165) is 6.08 Å². The van der Waals surface area contributed by atoms with Gasteiger partial charge in [-0.2, -0.15) is 0 Å². The summed E-state index contributed by atoms with van der Waals surface area (Å²) in [6.07, 6.45) is 1.14. The Labute approximate surface area is 180 Å². The van der Waals surface area contributed by atoms with E-state index in [-0.39, 0.29) is 35.3 Å². The van der Waals surface area contributed by atoms with E-state index >= 15 is 0 Å². The van der Waals surface area contributed by atoms with Crippen LogP contribution < -0.4 is 16.4 Å². The molecule has 0 unspecified atom stereocenters. The van der Waals surface area contributed by atoms with Crippen LogP contribution in [0.5, 0.6) is 0 Å². The minimum Gasteiger partial charge on any atom is -0.398 e. The van der Waals surface area contributed by atoms with Crippen molar-refractivity contribution >= 4 is 47.1 Å². The molecule has 0 aliphatic rings. The number of hydrogen-bond donors (Lipinski definition) is 3. The van der Waals surface area contributed by atoms with Gasteiger partial charge in [-0.3, -0.25) is 14.4 Å². The highest BCUT2D eigenvalue weighted by Gasteiger charge is 2.12. The van der Waals surface area contributed by atoms with Gasteiger partial charge in [0.25, 0.3) is 5.91 Å². The molecule has 0 bridgehead atoms. The van der Waals surface area contributed by atoms with E-state index < -0.39 is 5.91 Å². The number of anilines is 3. The summed E-state index contributed by atoms with van der Waals surface area (Å²) in [5.74, 6) is -0.858. The molecule has 30 heavy (non-hydrogen) atoms. The zero-order valence-corrected chi connectivity index (χ0v) is 16.7. The van der Waals surface area contributed by atoms with Gasteiger partial charge in [0.15, 0.2) is 5.78 Å². The zero-order chi connectivity index (χ0) is 20.8. The summed E-state index contributed by atoms with van der Waals surface area (Å²) in [5.41, 5.74) is 8.55. The molecule has 0 saturated heterocycles. The molecule has 0 heterocycles. The normalized spacial score (nSPS) is 9.73. The van der Waals surface area contributed by atoms with Crippen molar-refractivity contribution in [3.8, 4) is 0 Å². The highest BCUT2D eigenvalue weighted by molar-refractivity contribution is 6.10. The molecule has 0 aromatic heterocycles. The van der Waals surface area contributed by atoms with E-state index in [1.807, 2.05) is 6.07 Å². The molecule has 7 heteroatoms. The van der Waals surface area contributed by atoms with Crippen LogP contribution in [0.2, 0.25) is 0 Å². The van der Waals surface area contributed by atoms with Crippen LogP contribution in [0.25, 0.3) is 0 Å². The largest absolute Gasteiger partial charge is 0.398 e. The van der Waals surface area contributed by atoms with E-state index in [0.29, 0.717) is 22.5 Å². The second-order valence-corrected chi connectivity index (χ2v) is 6.22. The van der Waals surface area contributed by atoms with Crippen molar-refractivity contribution in [2.45, 2.75) is 0 Å². The maximum Gasteiger partial charge on any atom is 0.257 e. The van der Waals surface area contributed by atoms with Crippen LogP contribution in [0.15, 0.2) is 85.5 Å². The van der Waals surface area contributed by atoms with Crippen molar-refractivity contribution in [3.63, 3.8) is 0 Å². The highest BCUT2D eigenvalue weighted by atomic mass is 35.5. The van der Waals surface area contributed by atoms with Gasteiger partial charge in [-0.05, 0) is 48.5 Å². The van der Waals surface area contributed by atoms with Gasteiger partial charge in [-0.1, -0.05) is 36.9 Å². The maximum atomic E-state index is 12.5. The summed E-state index contributed by atoms with van der Waals surface area (Å²) in [4.78, 5) is 36.3. The summed E-state index contributed by atoms with van der Waals surface area (Å²) in [6, 6.07) is 20.2. The third kappa shape index (κ3) is 5.33. The van der Waals surface area contributed by atoms with Crippen molar-refractivity contribution in [1.29, 1.82) is 0 Å². The SMILES string of the molecule is C=CC(=O)Nc1ccc(C(=O)Nc2ccc(C(=O)c3ccccc3)cc2)c(N)c1.Cl. The van der Waals surface area contributed by atoms with Gasteiger partial charge in [0.2, 0.25) is 5.91 Å². The third-order valence-electron chi connectivity index (χ3n) is 4.19. The summed E-state index contributed by atoms with van der Waals surface area (Å²) >= 11 is 0. The molecule has 3 aromatic rings. The number of carbonyl (C=O) groups excluding carboxylic acids is 3. The van der Waals surface area contributed by atoms with Gasteiger partial charge >= 0.3 is 0 Å². The molecular formula is C23H20ClN3O3. The molecule has 2 amide bonds. The molecule has 0 saturated carbocycles. The molecule has 152 valence electrons. The van der Waals surface area contributed by atoms with Gasteiger partial charge in [-0.25, -0.2) is 0 Å². The van der Waals surface area contributed by atoms with Crippen molar-refractivity contribution < 1.29 is 14.4 Å². The first-order chi connectivity index (χ1) is 14.0. The number of benzene rings is 3. The Kier molecular flexibility index (Phi) is 7.50. The van der Waals surface area contributed by atoms with Gasteiger partial charge in [0.1, 0.15) is 0 Å². The number of nitrogens with two attached hydrogens (primary N) is 1. The molecule has 0 atom stereocenters. The number of nitrogens with one attached hydrogen (secondary N) is 2. The molecule has 0 aliphatic carbocycles. The first kappa shape index (κ1) is 22.4. The smallest absolute Gasteiger partial charge is 0.257 e. The predicted octanol–water partition coefficient (Wildman–Crippen LogP) is 4.30. The van der Waals surface area contributed by atoms with E-state index in [1.54, 1.807) is 54.6 Å². The van der Waals surface area contributed by atoms with Crippen LogP contribution >= 0.6 is 12.4 Å². The quantitative estimate of drug-likeness (QED) is 0.314. The molecule has 0 spiro atoms. The van der Waals surface area contributed by atoms with Crippen LogP contribution in [0, 0.1) is 0 Å². The third-order valence-corrected chi connectivity index (χ3v) is 4.19. The number of ketones is 1. The number of halogens is 1. The van der Waals surface area contributed by atoms with Crippen molar-refractivity contribution in [2.75, 3.05) is 16.4 Å². The average Bonchev–Trinajstić information content (AvgIpc) is 2.74. The first-order valence-electron chi connectivity index (χ1n) is 8.82. The van der Waals surface area contributed by atoms with Gasteiger partial charge in [0.05, 0.1) is 5.56 Å². The highest BCUT2D eigenvalue weighted by Crippen LogP contribution is 2.20. The second-order valence-electron chi connectivity index (χ2n) is 6.22. The van der Waals surface area contributed by atoms with Crippen molar-refractivity contribution in [3.05, 3.63) is 102 Å². The minimum absolute atomic E-state index is 0. The maximum absolute atomic E-state index is 12.5. The summed E-state index contributed by atoms with van der Waals surface area (Å²) in [6.45, 7) is 3.38. The Balaban J connectivity index is 0.00000320. The lowest BCUT2D eigenvalue weighted by molar-refractivity contribution is -0.111. The van der Waals surface area contributed by atoms with Crippen LogP contribution in [0.4, 0.5) is 17.1 Å². The van der Waals surface area contributed by atoms with Gasteiger partial charge in [-0.15, -0.1) is 12.4 Å². The molecule has 0 radical (unpaired) electrons. The predicted molar refractivity (Wildman–Crippen MR) is 121 cm³/mol. The summed E-state index contributed by atoms with van der Waals surface area (Å²) < 4.78 is 0. The van der Waals surface area contributed by atoms with E-state index in [4.69, 9.17) is 5.73 Å². The van der Waals surface area contributed by atoms with Crippen LogP contribution in [0.3, 0.4) is 0 Å². The number of amides is 2. The summed E-state index contributed by atoms with van der Waals surface area (Å²) in [7, 11) is 0. The lowest BCUT2D eigenvalue weighted by Crippen LogP contribution is -2.15. The van der Waals surface area contributed by atoms with Crippen LogP contribution in [-0.2, 0) is 4.79 Å². The van der Waals surface area contributed by atoms with E-state index in [2.05, 4.69) is 17.2 Å². The van der Waals surface area contributed by atoms with Crippen LogP contribution in [0.1, 0.15) is 26.3 Å². The van der Waals surface area contributed by atoms with Crippen molar-refractivity contribution in [2.24, 2.45) is 0 Å². The fourth-order valence-electron chi connectivity index (χ4n) is 2.70. The lowest BCUT2D eigenvalue weighted by Gasteiger charge is -2.10. The number of hydrogen-bond acceptors (Lipinski definition) is 4. The number of nitrogen functional groups attached to an aromatic ring is 1. The average molecular weight is 422 g/mol. The van der Waals surface area contributed by atoms with E-state index in [1.165, 1.54) is 12.1 Å². The van der Waals surface area contributed by atoms with Gasteiger partial charge in [0, 0.05) is 28.2 Å². The molecular weight excluding hydrogens is 402 g/mol. The Bertz CT molecular complexity index is 1080. The fraction of sp³-hybridized carbons (Fsp3) is 0. The second kappa shape index (κ2) is 10.0. The minimum atomic E-state index is -0.397. The monoisotopic (exact) mass is 421 g/mol. The summed E-state index contributed by atoms with van der Waals surface area (Å²) in [5, 5.41) is 5.32. The van der Waals surface area contributed by atoms with E-state index in [9.17, 15) is 14.4 Å². The molecule has 0 aliphatic heterocycles. The standard InChI is InChI=1S/C23H19N3O3.ClH/c1-2-21(27)25-18-12-13-19(20(24)14-18)23(29)26-17-10-8-16(9-11-17)22(28)15-6-4-3-5-7-15;/h2-14H,1,24H2,(H,25,27)(H,26,29);1H. The van der Waals surface area contributed by atoms with Crippen LogP contribution in [-0.4, -0.2) is 17.6 Å². The zero-order valence-electron chi connectivity index (χ0n) is 15.9. The fourth-order valence-corrected chi connectivity index (χ4v) is 2.70. The molecule has 3 aromatic carbocycles. The Morgan fingerprint density at radius 3 is 2.00 bits per heavy atom. The first-order valence-corrected chi connectivity index (χ1v) is 8.82. The Morgan fingerprint density at radius 2 is 1.40 bits per heavy atom. The Morgan fingerprint density at radius 1 is 0.800 bits per heavy atom. The Hall–Kier alpha value is -3.90. The van der Waals surface area contributed by atoms with Crippen molar-refractivity contribution in [1.82, 2.24) is 0 Å². The molecule has 3 rings (SSSR count). The number of carbonyl (C=O) groups is 3.